The molecule has 0 spiro atoms. The number of para-hydroxylation sites is 1. The van der Waals surface area contributed by atoms with Gasteiger partial charge in [0.2, 0.25) is 0 Å². The van der Waals surface area contributed by atoms with Gasteiger partial charge in [-0.3, -0.25) is 4.79 Å². The monoisotopic (exact) mass is 275 g/mol. The number of piperidine rings is 1. The van der Waals surface area contributed by atoms with Gasteiger partial charge in [-0.25, -0.2) is 4.39 Å². The molecule has 1 saturated heterocycles. The Morgan fingerprint density at radius 1 is 1.50 bits per heavy atom. The van der Waals surface area contributed by atoms with Crippen molar-refractivity contribution in [1.82, 2.24) is 15.2 Å². The summed E-state index contributed by atoms with van der Waals surface area (Å²) in [7, 11) is 2.05. The summed E-state index contributed by atoms with van der Waals surface area (Å²) < 4.78 is 13.6. The van der Waals surface area contributed by atoms with E-state index < -0.39 is 0 Å². The first-order chi connectivity index (χ1) is 9.63. The standard InChI is InChI=1S/C15H18FN3O/c1-19-7-3-5-11(9-19)17-15(20)13-8-10-4-2-6-12(16)14(10)18-13/h2,4,6,8,11,18H,3,5,7,9H2,1H3,(H,17,20). The van der Waals surface area contributed by atoms with Gasteiger partial charge in [-0.05, 0) is 38.6 Å². The first kappa shape index (κ1) is 13.1. The number of likely N-dealkylation sites (tertiary alicyclic amines) is 1. The van der Waals surface area contributed by atoms with Crippen LogP contribution in [0, 0.1) is 5.82 Å². The van der Waals surface area contributed by atoms with E-state index in [1.165, 1.54) is 6.07 Å². The first-order valence-electron chi connectivity index (χ1n) is 6.90. The van der Waals surface area contributed by atoms with Gasteiger partial charge in [-0.2, -0.15) is 0 Å². The van der Waals surface area contributed by atoms with Crippen molar-refractivity contribution in [3.05, 3.63) is 35.8 Å². The van der Waals surface area contributed by atoms with Crippen LogP contribution in [0.25, 0.3) is 10.9 Å². The van der Waals surface area contributed by atoms with Crippen LogP contribution >= 0.6 is 0 Å². The summed E-state index contributed by atoms with van der Waals surface area (Å²) in [5, 5.41) is 3.73. The Balaban J connectivity index is 1.77. The summed E-state index contributed by atoms with van der Waals surface area (Å²) in [6, 6.07) is 6.68. The normalized spacial score (nSPS) is 20.2. The van der Waals surface area contributed by atoms with E-state index in [1.54, 1.807) is 18.2 Å². The smallest absolute Gasteiger partial charge is 0.267 e. The number of carbonyl (C=O) groups excluding carboxylic acids is 1. The maximum absolute atomic E-state index is 13.6. The number of nitrogens with zero attached hydrogens (tertiary/aromatic N) is 1. The van der Waals surface area contributed by atoms with Crippen LogP contribution in [0.3, 0.4) is 0 Å². The van der Waals surface area contributed by atoms with Gasteiger partial charge < -0.3 is 15.2 Å². The molecule has 0 aliphatic carbocycles. The molecule has 1 fully saturated rings. The second-order valence-electron chi connectivity index (χ2n) is 5.46. The van der Waals surface area contributed by atoms with Crippen molar-refractivity contribution in [3.63, 3.8) is 0 Å². The van der Waals surface area contributed by atoms with Crippen LogP contribution in [0.2, 0.25) is 0 Å². The summed E-state index contributed by atoms with van der Waals surface area (Å²) in [6.07, 6.45) is 2.08. The average Bonchev–Trinajstić information content (AvgIpc) is 2.84. The van der Waals surface area contributed by atoms with Crippen LogP contribution in [0.4, 0.5) is 4.39 Å². The van der Waals surface area contributed by atoms with E-state index in [4.69, 9.17) is 0 Å². The van der Waals surface area contributed by atoms with Crippen LogP contribution < -0.4 is 5.32 Å². The van der Waals surface area contributed by atoms with E-state index in [0.717, 1.165) is 31.3 Å². The molecule has 0 radical (unpaired) electrons. The second-order valence-corrected chi connectivity index (χ2v) is 5.46. The molecule has 2 N–H and O–H groups in total. The Hall–Kier alpha value is -1.88. The van der Waals surface area contributed by atoms with E-state index >= 15 is 0 Å². The van der Waals surface area contributed by atoms with Gasteiger partial charge in [0.15, 0.2) is 0 Å². The molecule has 1 unspecified atom stereocenters. The van der Waals surface area contributed by atoms with Crippen molar-refractivity contribution in [1.29, 1.82) is 0 Å². The van der Waals surface area contributed by atoms with Crippen molar-refractivity contribution >= 4 is 16.8 Å². The molecule has 1 aromatic heterocycles. The number of H-pyrrole nitrogens is 1. The van der Waals surface area contributed by atoms with Crippen LogP contribution in [0.1, 0.15) is 23.3 Å². The fourth-order valence-electron chi connectivity index (χ4n) is 2.79. The number of likely N-dealkylation sites (N-methyl/N-ethyl adjacent to an activating group) is 1. The lowest BCUT2D eigenvalue weighted by Gasteiger charge is -2.30. The minimum atomic E-state index is -0.334. The van der Waals surface area contributed by atoms with E-state index in [0.29, 0.717) is 11.2 Å². The second kappa shape index (κ2) is 5.25. The molecule has 1 aromatic carbocycles. The molecule has 4 nitrogen and oxygen atoms in total. The highest BCUT2D eigenvalue weighted by Crippen LogP contribution is 2.18. The van der Waals surface area contributed by atoms with E-state index in [9.17, 15) is 9.18 Å². The highest BCUT2D eigenvalue weighted by Gasteiger charge is 2.20. The number of halogens is 1. The lowest BCUT2D eigenvalue weighted by molar-refractivity contribution is 0.0908. The van der Waals surface area contributed by atoms with Crippen molar-refractivity contribution in [2.45, 2.75) is 18.9 Å². The number of carbonyl (C=O) groups is 1. The van der Waals surface area contributed by atoms with Gasteiger partial charge in [0.25, 0.3) is 5.91 Å². The molecule has 2 heterocycles. The molecule has 3 rings (SSSR count). The minimum Gasteiger partial charge on any atom is -0.348 e. The van der Waals surface area contributed by atoms with Gasteiger partial charge in [0.1, 0.15) is 11.5 Å². The Kier molecular flexibility index (Phi) is 3.44. The summed E-state index contributed by atoms with van der Waals surface area (Å²) >= 11 is 0. The molecule has 20 heavy (non-hydrogen) atoms. The first-order valence-corrected chi connectivity index (χ1v) is 6.90. The zero-order chi connectivity index (χ0) is 14.1. The number of aromatic nitrogens is 1. The third-order valence-electron chi connectivity index (χ3n) is 3.81. The molecule has 1 aliphatic heterocycles. The van der Waals surface area contributed by atoms with Gasteiger partial charge in [0.05, 0.1) is 5.52 Å². The SMILES string of the molecule is CN1CCCC(NC(=O)c2cc3cccc(F)c3[nH]2)C1. The number of amides is 1. The molecular weight excluding hydrogens is 257 g/mol. The minimum absolute atomic E-state index is 0.164. The van der Waals surface area contributed by atoms with E-state index in [-0.39, 0.29) is 17.8 Å². The molecule has 1 atom stereocenters. The van der Waals surface area contributed by atoms with Crippen molar-refractivity contribution in [2.24, 2.45) is 0 Å². The zero-order valence-corrected chi connectivity index (χ0v) is 11.4. The third kappa shape index (κ3) is 2.54. The Morgan fingerprint density at radius 3 is 3.10 bits per heavy atom. The summed E-state index contributed by atoms with van der Waals surface area (Å²) in [5.74, 6) is -0.500. The summed E-state index contributed by atoms with van der Waals surface area (Å²) in [4.78, 5) is 17.3. The maximum Gasteiger partial charge on any atom is 0.267 e. The largest absolute Gasteiger partial charge is 0.348 e. The fraction of sp³-hybridized carbons (Fsp3) is 0.400. The van der Waals surface area contributed by atoms with E-state index in [2.05, 4.69) is 22.2 Å². The Morgan fingerprint density at radius 2 is 2.35 bits per heavy atom. The maximum atomic E-state index is 13.6. The molecule has 5 heteroatoms. The molecule has 1 amide bonds. The number of hydrogen-bond acceptors (Lipinski definition) is 2. The third-order valence-corrected chi connectivity index (χ3v) is 3.81. The number of rotatable bonds is 2. The Labute approximate surface area is 117 Å². The molecule has 0 saturated carbocycles. The molecule has 2 aromatic rings. The van der Waals surface area contributed by atoms with Crippen molar-refractivity contribution in [3.8, 4) is 0 Å². The van der Waals surface area contributed by atoms with Crippen molar-refractivity contribution in [2.75, 3.05) is 20.1 Å². The molecule has 106 valence electrons. The van der Waals surface area contributed by atoms with E-state index in [1.807, 2.05) is 0 Å². The predicted octanol–water partition coefficient (Wildman–Crippen LogP) is 2.13. The quantitative estimate of drug-likeness (QED) is 0.882. The zero-order valence-electron chi connectivity index (χ0n) is 11.4. The van der Waals surface area contributed by atoms with Crippen LogP contribution in [-0.2, 0) is 0 Å². The lowest BCUT2D eigenvalue weighted by Crippen LogP contribution is -2.46. The van der Waals surface area contributed by atoms with Crippen LogP contribution in [0.5, 0.6) is 0 Å². The topological polar surface area (TPSA) is 48.1 Å². The van der Waals surface area contributed by atoms with Crippen molar-refractivity contribution < 1.29 is 9.18 Å². The van der Waals surface area contributed by atoms with Gasteiger partial charge >= 0.3 is 0 Å². The Bertz CT molecular complexity index is 637. The highest BCUT2D eigenvalue weighted by molar-refractivity contribution is 5.98. The number of hydrogen-bond donors (Lipinski definition) is 2. The highest BCUT2D eigenvalue weighted by atomic mass is 19.1. The number of nitrogens with one attached hydrogen (secondary N) is 2. The van der Waals surface area contributed by atoms with Gasteiger partial charge in [-0.15, -0.1) is 0 Å². The summed E-state index contributed by atoms with van der Waals surface area (Å²) in [6.45, 7) is 1.93. The average molecular weight is 275 g/mol. The summed E-state index contributed by atoms with van der Waals surface area (Å²) in [5.41, 5.74) is 0.803. The molecular formula is C15H18FN3O. The predicted molar refractivity (Wildman–Crippen MR) is 76.2 cm³/mol. The number of fused-ring (bicyclic) bond motifs is 1. The fourth-order valence-corrected chi connectivity index (χ4v) is 2.79. The van der Waals surface area contributed by atoms with Crippen LogP contribution in [0.15, 0.2) is 24.3 Å². The lowest BCUT2D eigenvalue weighted by atomic mass is 10.1. The molecule has 0 bridgehead atoms. The van der Waals surface area contributed by atoms with Gasteiger partial charge in [0, 0.05) is 18.0 Å². The number of aromatic amines is 1. The van der Waals surface area contributed by atoms with Gasteiger partial charge in [-0.1, -0.05) is 12.1 Å². The molecule has 1 aliphatic rings. The number of benzene rings is 1. The van der Waals surface area contributed by atoms with Crippen LogP contribution in [-0.4, -0.2) is 42.0 Å².